The van der Waals surface area contributed by atoms with E-state index in [0.717, 1.165) is 12.8 Å². The van der Waals surface area contributed by atoms with Gasteiger partial charge in [-0.25, -0.2) is 4.39 Å². The number of rotatable bonds is 9. The van der Waals surface area contributed by atoms with Gasteiger partial charge in [0.25, 0.3) is 5.91 Å². The van der Waals surface area contributed by atoms with E-state index in [-0.39, 0.29) is 35.4 Å². The van der Waals surface area contributed by atoms with Crippen LogP contribution in [0.25, 0.3) is 0 Å². The van der Waals surface area contributed by atoms with Crippen molar-refractivity contribution in [3.63, 3.8) is 0 Å². The third-order valence-corrected chi connectivity index (χ3v) is 5.74. The van der Waals surface area contributed by atoms with Gasteiger partial charge < -0.3 is 20.3 Å². The highest BCUT2D eigenvalue weighted by Gasteiger charge is 2.37. The van der Waals surface area contributed by atoms with Crippen molar-refractivity contribution in [1.29, 1.82) is 0 Å². The molecule has 2 N–H and O–H groups in total. The summed E-state index contributed by atoms with van der Waals surface area (Å²) < 4.78 is 18.1. The number of carbonyl (C=O) groups excluding carboxylic acids is 3. The third kappa shape index (κ3) is 6.01. The van der Waals surface area contributed by atoms with E-state index < -0.39 is 6.04 Å². The van der Waals surface area contributed by atoms with Crippen molar-refractivity contribution < 1.29 is 23.5 Å². The van der Waals surface area contributed by atoms with Crippen molar-refractivity contribution in [2.45, 2.75) is 38.1 Å². The van der Waals surface area contributed by atoms with E-state index >= 15 is 0 Å². The predicted octanol–water partition coefficient (Wildman–Crippen LogP) is 1.73. The normalized spacial score (nSPS) is 18.0. The first-order chi connectivity index (χ1) is 14.5. The minimum absolute atomic E-state index is 0.0222. The summed E-state index contributed by atoms with van der Waals surface area (Å²) in [6.07, 6.45) is 3.69. The van der Waals surface area contributed by atoms with E-state index in [4.69, 9.17) is 4.74 Å². The summed E-state index contributed by atoms with van der Waals surface area (Å²) in [5.74, 6) is -0.770. The van der Waals surface area contributed by atoms with Gasteiger partial charge in [-0.15, -0.1) is 0 Å². The first-order valence-electron chi connectivity index (χ1n) is 10.6. The number of benzene rings is 1. The van der Waals surface area contributed by atoms with Crippen LogP contribution < -0.4 is 10.6 Å². The Morgan fingerprint density at radius 2 is 1.80 bits per heavy atom. The standard InChI is InChI=1S/C22H30FN3O4/c1-30-14-2-11-24-21(28)19(25-20(27)16-3-4-16)15-9-12-26(13-10-15)22(29)17-5-7-18(23)8-6-17/h5-8,15-16,19H,2-4,9-14H2,1H3,(H,24,28)(H,25,27)/t19-/m1/s1. The van der Waals surface area contributed by atoms with Gasteiger partial charge in [-0.05, 0) is 62.3 Å². The lowest BCUT2D eigenvalue weighted by atomic mass is 9.88. The van der Waals surface area contributed by atoms with Crippen molar-refractivity contribution in [2.24, 2.45) is 11.8 Å². The highest BCUT2D eigenvalue weighted by molar-refractivity contribution is 5.94. The molecule has 7 nitrogen and oxygen atoms in total. The van der Waals surface area contributed by atoms with Crippen LogP contribution in [0.15, 0.2) is 24.3 Å². The Kier molecular flexibility index (Phi) is 7.79. The van der Waals surface area contributed by atoms with Gasteiger partial charge in [0.1, 0.15) is 11.9 Å². The number of nitrogens with zero attached hydrogens (tertiary/aromatic N) is 1. The monoisotopic (exact) mass is 419 g/mol. The average Bonchev–Trinajstić information content (AvgIpc) is 3.60. The number of ether oxygens (including phenoxy) is 1. The molecule has 1 saturated heterocycles. The minimum atomic E-state index is -0.594. The quantitative estimate of drug-likeness (QED) is 0.597. The Balaban J connectivity index is 1.57. The van der Waals surface area contributed by atoms with Crippen LogP contribution in [0.2, 0.25) is 0 Å². The molecule has 1 saturated carbocycles. The van der Waals surface area contributed by atoms with Gasteiger partial charge in [0.2, 0.25) is 11.8 Å². The number of methoxy groups -OCH3 is 1. The number of amides is 3. The summed E-state index contributed by atoms with van der Waals surface area (Å²) in [5, 5.41) is 5.84. The first kappa shape index (κ1) is 22.2. The van der Waals surface area contributed by atoms with Gasteiger partial charge in [-0.2, -0.15) is 0 Å². The minimum Gasteiger partial charge on any atom is -0.385 e. The summed E-state index contributed by atoms with van der Waals surface area (Å²) in [4.78, 5) is 39.5. The maximum Gasteiger partial charge on any atom is 0.253 e. The topological polar surface area (TPSA) is 87.7 Å². The molecule has 8 heteroatoms. The predicted molar refractivity (Wildman–Crippen MR) is 109 cm³/mol. The maximum absolute atomic E-state index is 13.1. The molecule has 30 heavy (non-hydrogen) atoms. The van der Waals surface area contributed by atoms with Crippen LogP contribution >= 0.6 is 0 Å². The van der Waals surface area contributed by atoms with Crippen molar-refractivity contribution in [2.75, 3.05) is 33.4 Å². The van der Waals surface area contributed by atoms with Gasteiger partial charge >= 0.3 is 0 Å². The molecule has 0 radical (unpaired) electrons. The second-order valence-corrected chi connectivity index (χ2v) is 8.03. The Hall–Kier alpha value is -2.48. The summed E-state index contributed by atoms with van der Waals surface area (Å²) in [7, 11) is 1.61. The van der Waals surface area contributed by atoms with E-state index in [0.29, 0.717) is 51.1 Å². The van der Waals surface area contributed by atoms with Gasteiger partial charge in [-0.1, -0.05) is 0 Å². The summed E-state index contributed by atoms with van der Waals surface area (Å²) in [5.41, 5.74) is 0.448. The van der Waals surface area contributed by atoms with Crippen LogP contribution in [0.4, 0.5) is 4.39 Å². The molecule has 0 bridgehead atoms. The zero-order valence-electron chi connectivity index (χ0n) is 17.4. The fourth-order valence-electron chi connectivity index (χ4n) is 3.76. The van der Waals surface area contributed by atoms with E-state index in [2.05, 4.69) is 10.6 Å². The maximum atomic E-state index is 13.1. The van der Waals surface area contributed by atoms with Gasteiger partial charge in [0, 0.05) is 44.8 Å². The molecule has 0 aromatic heterocycles. The fraction of sp³-hybridized carbons (Fsp3) is 0.591. The van der Waals surface area contributed by atoms with Gasteiger partial charge in [0.15, 0.2) is 0 Å². The molecule has 1 aromatic rings. The highest BCUT2D eigenvalue weighted by Crippen LogP contribution is 2.30. The summed E-state index contributed by atoms with van der Waals surface area (Å²) in [6, 6.07) is 4.92. The number of hydrogen-bond acceptors (Lipinski definition) is 4. The number of likely N-dealkylation sites (tertiary alicyclic amines) is 1. The Labute approximate surface area is 176 Å². The van der Waals surface area contributed by atoms with Crippen molar-refractivity contribution in [1.82, 2.24) is 15.5 Å². The van der Waals surface area contributed by atoms with Crippen LogP contribution in [-0.4, -0.2) is 62.0 Å². The van der Waals surface area contributed by atoms with Gasteiger partial charge in [-0.3, -0.25) is 14.4 Å². The lowest BCUT2D eigenvalue weighted by molar-refractivity contribution is -0.131. The molecule has 1 aromatic carbocycles. The molecule has 1 heterocycles. The molecular weight excluding hydrogens is 389 g/mol. The average molecular weight is 419 g/mol. The van der Waals surface area contributed by atoms with Crippen LogP contribution in [0, 0.1) is 17.7 Å². The summed E-state index contributed by atoms with van der Waals surface area (Å²) >= 11 is 0. The number of nitrogens with one attached hydrogen (secondary N) is 2. The molecule has 0 spiro atoms. The SMILES string of the molecule is COCCCNC(=O)[C@H](NC(=O)C1CC1)C1CCN(C(=O)c2ccc(F)cc2)CC1. The molecule has 2 fully saturated rings. The van der Waals surface area contributed by atoms with Crippen LogP contribution in [-0.2, 0) is 14.3 Å². The Morgan fingerprint density at radius 1 is 1.13 bits per heavy atom. The number of carbonyl (C=O) groups is 3. The molecular formula is C22H30FN3O4. The Morgan fingerprint density at radius 3 is 2.40 bits per heavy atom. The lowest BCUT2D eigenvalue weighted by Crippen LogP contribution is -2.54. The number of piperidine rings is 1. The van der Waals surface area contributed by atoms with Crippen molar-refractivity contribution >= 4 is 17.7 Å². The number of halogens is 1. The fourth-order valence-corrected chi connectivity index (χ4v) is 3.76. The summed E-state index contributed by atoms with van der Waals surface area (Å²) in [6.45, 7) is 2.04. The molecule has 3 rings (SSSR count). The van der Waals surface area contributed by atoms with Crippen LogP contribution in [0.5, 0.6) is 0 Å². The zero-order chi connectivity index (χ0) is 21.5. The molecule has 2 aliphatic rings. The van der Waals surface area contributed by atoms with Gasteiger partial charge in [0.05, 0.1) is 0 Å². The second kappa shape index (κ2) is 10.5. The first-order valence-corrected chi connectivity index (χ1v) is 10.6. The molecule has 164 valence electrons. The van der Waals surface area contributed by atoms with E-state index in [1.54, 1.807) is 12.0 Å². The number of hydrogen-bond donors (Lipinski definition) is 2. The molecule has 1 aliphatic carbocycles. The van der Waals surface area contributed by atoms with Crippen LogP contribution in [0.1, 0.15) is 42.5 Å². The molecule has 1 atom stereocenters. The largest absolute Gasteiger partial charge is 0.385 e. The van der Waals surface area contributed by atoms with E-state index in [1.807, 2.05) is 0 Å². The lowest BCUT2D eigenvalue weighted by Gasteiger charge is -2.36. The zero-order valence-corrected chi connectivity index (χ0v) is 17.4. The third-order valence-electron chi connectivity index (χ3n) is 5.74. The molecule has 3 amide bonds. The second-order valence-electron chi connectivity index (χ2n) is 8.03. The molecule has 0 unspecified atom stereocenters. The highest BCUT2D eigenvalue weighted by atomic mass is 19.1. The molecule has 1 aliphatic heterocycles. The van der Waals surface area contributed by atoms with Crippen molar-refractivity contribution in [3.05, 3.63) is 35.6 Å². The van der Waals surface area contributed by atoms with E-state index in [9.17, 15) is 18.8 Å². The van der Waals surface area contributed by atoms with E-state index in [1.165, 1.54) is 24.3 Å². The van der Waals surface area contributed by atoms with Crippen molar-refractivity contribution in [3.8, 4) is 0 Å². The smallest absolute Gasteiger partial charge is 0.253 e. The van der Waals surface area contributed by atoms with Crippen LogP contribution in [0.3, 0.4) is 0 Å². The Bertz CT molecular complexity index is 743.